The van der Waals surface area contributed by atoms with Gasteiger partial charge in [0.25, 0.3) is 11.1 Å². The molecule has 4 rings (SSSR count). The van der Waals surface area contributed by atoms with Crippen molar-refractivity contribution in [3.63, 3.8) is 0 Å². The van der Waals surface area contributed by atoms with Crippen LogP contribution in [-0.4, -0.2) is 53.8 Å². The van der Waals surface area contributed by atoms with Gasteiger partial charge in [-0.2, -0.15) is 0 Å². The van der Waals surface area contributed by atoms with Crippen molar-refractivity contribution in [3.05, 3.63) is 58.9 Å². The number of hydrogen-bond acceptors (Lipinski definition) is 6. The molecule has 2 aliphatic rings. The summed E-state index contributed by atoms with van der Waals surface area (Å²) >= 11 is 0.969. The van der Waals surface area contributed by atoms with Gasteiger partial charge in [0, 0.05) is 37.9 Å². The molecule has 0 radical (unpaired) electrons. The van der Waals surface area contributed by atoms with Gasteiger partial charge < -0.3 is 9.32 Å². The van der Waals surface area contributed by atoms with Crippen LogP contribution in [0.3, 0.4) is 0 Å². The van der Waals surface area contributed by atoms with Crippen LogP contribution >= 0.6 is 11.8 Å². The SMILES string of the molecule is Cc1ccc(N2CCN(CN3C(=O)SC(=Cc4ccco4)C3=O)CC2)cc1. The van der Waals surface area contributed by atoms with Crippen molar-refractivity contribution in [3.8, 4) is 0 Å². The first kappa shape index (κ1) is 17.9. The number of rotatable bonds is 4. The number of aryl methyl sites for hydroxylation is 1. The topological polar surface area (TPSA) is 57.0 Å². The lowest BCUT2D eigenvalue weighted by Crippen LogP contribution is -2.50. The third kappa shape index (κ3) is 3.94. The Kier molecular flexibility index (Phi) is 5.05. The second-order valence-electron chi connectivity index (χ2n) is 6.71. The zero-order valence-corrected chi connectivity index (χ0v) is 15.9. The number of thioether (sulfide) groups is 1. The first-order chi connectivity index (χ1) is 13.1. The van der Waals surface area contributed by atoms with E-state index in [1.165, 1.54) is 16.2 Å². The first-order valence-electron chi connectivity index (χ1n) is 8.93. The predicted molar refractivity (Wildman–Crippen MR) is 106 cm³/mol. The van der Waals surface area contributed by atoms with Crippen molar-refractivity contribution in [2.45, 2.75) is 6.92 Å². The Morgan fingerprint density at radius 2 is 1.81 bits per heavy atom. The summed E-state index contributed by atoms with van der Waals surface area (Å²) in [6.45, 7) is 5.79. The lowest BCUT2D eigenvalue weighted by molar-refractivity contribution is -0.124. The molecule has 0 spiro atoms. The van der Waals surface area contributed by atoms with Crippen molar-refractivity contribution >= 4 is 34.7 Å². The molecule has 0 aliphatic carbocycles. The van der Waals surface area contributed by atoms with Crippen LogP contribution in [0.5, 0.6) is 0 Å². The Hall–Kier alpha value is -2.51. The molecule has 0 atom stereocenters. The monoisotopic (exact) mass is 383 g/mol. The molecule has 3 heterocycles. The van der Waals surface area contributed by atoms with E-state index in [1.54, 1.807) is 24.5 Å². The summed E-state index contributed by atoms with van der Waals surface area (Å²) in [7, 11) is 0. The van der Waals surface area contributed by atoms with E-state index in [0.29, 0.717) is 17.3 Å². The average molecular weight is 383 g/mol. The quantitative estimate of drug-likeness (QED) is 0.754. The van der Waals surface area contributed by atoms with E-state index in [1.807, 2.05) is 0 Å². The largest absolute Gasteiger partial charge is 0.465 e. The Balaban J connectivity index is 1.35. The zero-order valence-electron chi connectivity index (χ0n) is 15.1. The molecular formula is C20H21N3O3S. The molecule has 0 bridgehead atoms. The van der Waals surface area contributed by atoms with Gasteiger partial charge in [-0.1, -0.05) is 17.7 Å². The summed E-state index contributed by atoms with van der Waals surface area (Å²) in [4.78, 5) is 31.1. The summed E-state index contributed by atoms with van der Waals surface area (Å²) in [5.41, 5.74) is 2.46. The Labute approximate surface area is 162 Å². The number of carbonyl (C=O) groups is 2. The summed E-state index contributed by atoms with van der Waals surface area (Å²) in [5.74, 6) is 0.328. The summed E-state index contributed by atoms with van der Waals surface area (Å²) in [5, 5.41) is -0.223. The Morgan fingerprint density at radius 1 is 1.07 bits per heavy atom. The number of carbonyl (C=O) groups excluding carboxylic acids is 2. The van der Waals surface area contributed by atoms with Gasteiger partial charge in [0.15, 0.2) is 0 Å². The number of furan rings is 1. The molecule has 0 saturated carbocycles. The molecule has 1 aromatic carbocycles. The number of amides is 2. The van der Waals surface area contributed by atoms with Gasteiger partial charge in [-0.25, -0.2) is 0 Å². The summed E-state index contributed by atoms with van der Waals surface area (Å²) in [6, 6.07) is 12.0. The molecule has 27 heavy (non-hydrogen) atoms. The van der Waals surface area contributed by atoms with Crippen LogP contribution in [0.4, 0.5) is 10.5 Å². The molecule has 6 nitrogen and oxygen atoms in total. The highest BCUT2D eigenvalue weighted by Gasteiger charge is 2.36. The highest BCUT2D eigenvalue weighted by atomic mass is 32.2. The molecule has 2 aliphatic heterocycles. The van der Waals surface area contributed by atoms with Gasteiger partial charge in [-0.15, -0.1) is 0 Å². The number of benzene rings is 1. The smallest absolute Gasteiger partial charge is 0.294 e. The van der Waals surface area contributed by atoms with E-state index in [2.05, 4.69) is 41.0 Å². The fourth-order valence-corrected chi connectivity index (χ4v) is 4.04. The molecular weight excluding hydrogens is 362 g/mol. The van der Waals surface area contributed by atoms with Crippen LogP contribution in [0.15, 0.2) is 52.0 Å². The molecule has 7 heteroatoms. The molecule has 2 fully saturated rings. The van der Waals surface area contributed by atoms with Crippen LogP contribution in [0, 0.1) is 6.92 Å². The Bertz CT molecular complexity index is 853. The van der Waals surface area contributed by atoms with Crippen LogP contribution in [0.25, 0.3) is 6.08 Å². The molecule has 0 N–H and O–H groups in total. The molecule has 2 saturated heterocycles. The molecule has 140 valence electrons. The maximum atomic E-state index is 12.6. The minimum atomic E-state index is -0.248. The number of anilines is 1. The average Bonchev–Trinajstić information content (AvgIpc) is 3.27. The number of nitrogens with zero attached hydrogens (tertiary/aromatic N) is 3. The zero-order chi connectivity index (χ0) is 18.8. The van der Waals surface area contributed by atoms with E-state index in [-0.39, 0.29) is 11.1 Å². The van der Waals surface area contributed by atoms with Gasteiger partial charge in [0.05, 0.1) is 17.8 Å². The summed E-state index contributed by atoms with van der Waals surface area (Å²) < 4.78 is 5.24. The van der Waals surface area contributed by atoms with Crippen LogP contribution in [-0.2, 0) is 4.79 Å². The van der Waals surface area contributed by atoms with Gasteiger partial charge in [-0.05, 0) is 43.0 Å². The fourth-order valence-electron chi connectivity index (χ4n) is 3.23. The Morgan fingerprint density at radius 3 is 2.48 bits per heavy atom. The highest BCUT2D eigenvalue weighted by molar-refractivity contribution is 8.18. The van der Waals surface area contributed by atoms with E-state index in [0.717, 1.165) is 37.9 Å². The van der Waals surface area contributed by atoms with Crippen molar-refractivity contribution in [1.82, 2.24) is 9.80 Å². The van der Waals surface area contributed by atoms with Crippen molar-refractivity contribution in [1.29, 1.82) is 0 Å². The van der Waals surface area contributed by atoms with E-state index >= 15 is 0 Å². The van der Waals surface area contributed by atoms with Crippen molar-refractivity contribution in [2.24, 2.45) is 0 Å². The van der Waals surface area contributed by atoms with E-state index < -0.39 is 0 Å². The highest BCUT2D eigenvalue weighted by Crippen LogP contribution is 2.32. The maximum absolute atomic E-state index is 12.6. The predicted octanol–water partition coefficient (Wildman–Crippen LogP) is 3.40. The van der Waals surface area contributed by atoms with E-state index in [9.17, 15) is 9.59 Å². The van der Waals surface area contributed by atoms with Crippen molar-refractivity contribution < 1.29 is 14.0 Å². The number of imide groups is 1. The van der Waals surface area contributed by atoms with Gasteiger partial charge in [0.2, 0.25) is 0 Å². The maximum Gasteiger partial charge on any atom is 0.294 e. The second kappa shape index (κ2) is 7.62. The fraction of sp³-hybridized carbons (Fsp3) is 0.300. The third-order valence-electron chi connectivity index (χ3n) is 4.80. The van der Waals surface area contributed by atoms with Gasteiger partial charge in [-0.3, -0.25) is 19.4 Å². The minimum Gasteiger partial charge on any atom is -0.465 e. The second-order valence-corrected chi connectivity index (χ2v) is 7.70. The van der Waals surface area contributed by atoms with Crippen LogP contribution in [0.1, 0.15) is 11.3 Å². The molecule has 2 aromatic rings. The van der Waals surface area contributed by atoms with Crippen molar-refractivity contribution in [2.75, 3.05) is 37.7 Å². The van der Waals surface area contributed by atoms with Crippen LogP contribution in [0.2, 0.25) is 0 Å². The number of piperazine rings is 1. The van der Waals surface area contributed by atoms with Gasteiger partial charge in [0.1, 0.15) is 5.76 Å². The summed E-state index contributed by atoms with van der Waals surface area (Å²) in [6.07, 6.45) is 3.17. The first-order valence-corrected chi connectivity index (χ1v) is 9.75. The number of hydrogen-bond donors (Lipinski definition) is 0. The minimum absolute atomic E-state index is 0.223. The standard InChI is InChI=1S/C20H21N3O3S/c1-15-4-6-16(7-5-15)22-10-8-21(9-11-22)14-23-19(24)18(27-20(23)25)13-17-3-2-12-26-17/h2-7,12-13H,8-11,14H2,1H3. The van der Waals surface area contributed by atoms with E-state index in [4.69, 9.17) is 4.42 Å². The lowest BCUT2D eigenvalue weighted by Gasteiger charge is -2.37. The molecule has 2 amide bonds. The normalized spacial score (nSPS) is 20.1. The molecule has 0 unspecified atom stereocenters. The third-order valence-corrected chi connectivity index (χ3v) is 5.71. The van der Waals surface area contributed by atoms with Crippen LogP contribution < -0.4 is 4.90 Å². The van der Waals surface area contributed by atoms with Gasteiger partial charge >= 0.3 is 0 Å². The lowest BCUT2D eigenvalue weighted by atomic mass is 10.2. The molecule has 1 aromatic heterocycles.